The maximum absolute atomic E-state index is 10.9. The fourth-order valence-corrected chi connectivity index (χ4v) is 3.28. The number of hydrogen-bond acceptors (Lipinski definition) is 4. The third-order valence-corrected chi connectivity index (χ3v) is 9.55. The summed E-state index contributed by atoms with van der Waals surface area (Å²) < 4.78 is 17.7. The summed E-state index contributed by atoms with van der Waals surface area (Å²) in [4.78, 5) is 10.9. The number of carbonyl (C=O) groups is 1. The summed E-state index contributed by atoms with van der Waals surface area (Å²) in [5.41, 5.74) is 2.61. The number of benzene rings is 2. The van der Waals surface area contributed by atoms with Gasteiger partial charge < -0.3 is 13.9 Å². The third-order valence-electron chi connectivity index (χ3n) is 5.07. The highest BCUT2D eigenvalue weighted by Crippen LogP contribution is 2.37. The van der Waals surface area contributed by atoms with Crippen LogP contribution in [-0.4, -0.2) is 21.7 Å². The molecule has 2 aromatic carbocycles. The number of carbonyl (C=O) groups excluding carboxylic acids is 1. The van der Waals surface area contributed by atoms with Gasteiger partial charge in [0, 0.05) is 11.6 Å². The maximum Gasteiger partial charge on any atom is 0.192 e. The van der Waals surface area contributed by atoms with Gasteiger partial charge in [0.25, 0.3) is 0 Å². The van der Waals surface area contributed by atoms with Crippen molar-refractivity contribution in [3.8, 4) is 11.5 Å². The molecule has 0 N–H and O–H groups in total. The minimum atomic E-state index is -1.83. The monoisotopic (exact) mass is 386 g/mol. The van der Waals surface area contributed by atoms with Crippen molar-refractivity contribution in [2.45, 2.75) is 52.1 Å². The molecule has 4 nitrogen and oxygen atoms in total. The molecule has 2 rings (SSSR count). The van der Waals surface area contributed by atoms with Crippen LogP contribution in [0.3, 0.4) is 0 Å². The Morgan fingerprint density at radius 2 is 1.67 bits per heavy atom. The summed E-state index contributed by atoms with van der Waals surface area (Å²) in [6.07, 6.45) is 0.839. The average Bonchev–Trinajstić information content (AvgIpc) is 2.64. The summed E-state index contributed by atoms with van der Waals surface area (Å²) in [5, 5.41) is 0.162. The first kappa shape index (κ1) is 21.2. The van der Waals surface area contributed by atoms with Crippen molar-refractivity contribution in [3.05, 3.63) is 59.2 Å². The minimum Gasteiger partial charge on any atom is -0.497 e. The number of methoxy groups -OCH3 is 1. The Hall–Kier alpha value is -2.11. The molecule has 27 heavy (non-hydrogen) atoms. The lowest BCUT2D eigenvalue weighted by molar-refractivity contribution is 0.112. The minimum absolute atomic E-state index is 0.162. The Kier molecular flexibility index (Phi) is 6.84. The van der Waals surface area contributed by atoms with Crippen LogP contribution in [0.15, 0.2) is 42.5 Å². The average molecular weight is 387 g/mol. The van der Waals surface area contributed by atoms with Crippen molar-refractivity contribution >= 4 is 14.6 Å². The molecule has 0 saturated heterocycles. The Balaban J connectivity index is 2.11. The highest BCUT2D eigenvalue weighted by Gasteiger charge is 2.37. The highest BCUT2D eigenvalue weighted by atomic mass is 28.4. The van der Waals surface area contributed by atoms with E-state index in [1.807, 2.05) is 36.4 Å². The predicted octanol–water partition coefficient (Wildman–Crippen LogP) is 5.61. The van der Waals surface area contributed by atoms with Crippen molar-refractivity contribution in [2.75, 3.05) is 7.11 Å². The molecule has 146 valence electrons. The molecule has 0 amide bonds. The van der Waals surface area contributed by atoms with Crippen LogP contribution in [0.2, 0.25) is 18.1 Å². The fraction of sp³-hybridized carbons (Fsp3) is 0.409. The molecule has 0 aliphatic rings. The molecular weight excluding hydrogens is 356 g/mol. The van der Waals surface area contributed by atoms with E-state index in [-0.39, 0.29) is 5.04 Å². The quantitative estimate of drug-likeness (QED) is 0.437. The lowest BCUT2D eigenvalue weighted by atomic mass is 10.1. The molecule has 0 radical (unpaired) electrons. The van der Waals surface area contributed by atoms with E-state index in [1.165, 1.54) is 0 Å². The van der Waals surface area contributed by atoms with Crippen LogP contribution in [0.1, 0.15) is 42.3 Å². The van der Waals surface area contributed by atoms with Gasteiger partial charge in [0.2, 0.25) is 0 Å². The van der Waals surface area contributed by atoms with Crippen LogP contribution in [0.5, 0.6) is 11.5 Å². The second-order valence-electron chi connectivity index (χ2n) is 8.22. The van der Waals surface area contributed by atoms with E-state index in [0.29, 0.717) is 18.8 Å². The third kappa shape index (κ3) is 5.94. The van der Waals surface area contributed by atoms with Crippen molar-refractivity contribution in [1.82, 2.24) is 0 Å². The van der Waals surface area contributed by atoms with Crippen LogP contribution in [-0.2, 0) is 17.6 Å². The van der Waals surface area contributed by atoms with Crippen molar-refractivity contribution in [2.24, 2.45) is 0 Å². The summed E-state index contributed by atoms with van der Waals surface area (Å²) in [6, 6.07) is 13.2. The van der Waals surface area contributed by atoms with Crippen molar-refractivity contribution in [3.63, 3.8) is 0 Å². The zero-order valence-corrected chi connectivity index (χ0v) is 18.2. The number of hydrogen-bond donors (Lipinski definition) is 0. The first-order valence-corrected chi connectivity index (χ1v) is 12.0. The number of aldehydes is 1. The van der Waals surface area contributed by atoms with Gasteiger partial charge in [-0.1, -0.05) is 39.0 Å². The van der Waals surface area contributed by atoms with Gasteiger partial charge in [-0.05, 0) is 47.5 Å². The number of rotatable bonds is 8. The summed E-state index contributed by atoms with van der Waals surface area (Å²) >= 11 is 0. The van der Waals surface area contributed by atoms with Crippen molar-refractivity contribution < 1.29 is 18.7 Å². The summed E-state index contributed by atoms with van der Waals surface area (Å²) in [6.45, 7) is 12.1. The topological polar surface area (TPSA) is 44.8 Å². The molecule has 5 heteroatoms. The van der Waals surface area contributed by atoms with E-state index >= 15 is 0 Å². The van der Waals surface area contributed by atoms with E-state index in [1.54, 1.807) is 13.2 Å². The van der Waals surface area contributed by atoms with E-state index in [2.05, 4.69) is 33.9 Å². The van der Waals surface area contributed by atoms with Gasteiger partial charge in [0.15, 0.2) is 8.32 Å². The van der Waals surface area contributed by atoms with Gasteiger partial charge in [0.1, 0.15) is 24.4 Å². The first-order chi connectivity index (χ1) is 12.6. The van der Waals surface area contributed by atoms with E-state index in [9.17, 15) is 4.79 Å². The molecule has 0 aliphatic carbocycles. The molecule has 0 unspecified atom stereocenters. The van der Waals surface area contributed by atoms with Crippen LogP contribution < -0.4 is 9.47 Å². The molecule has 0 bridgehead atoms. The Morgan fingerprint density at radius 1 is 0.963 bits per heavy atom. The van der Waals surface area contributed by atoms with Crippen LogP contribution in [0, 0.1) is 0 Å². The second-order valence-corrected chi connectivity index (χ2v) is 13.0. The van der Waals surface area contributed by atoms with Crippen LogP contribution >= 0.6 is 0 Å². The van der Waals surface area contributed by atoms with E-state index in [0.717, 1.165) is 28.9 Å². The van der Waals surface area contributed by atoms with E-state index < -0.39 is 8.32 Å². The van der Waals surface area contributed by atoms with Crippen molar-refractivity contribution in [1.29, 1.82) is 0 Å². The first-order valence-electron chi connectivity index (χ1n) is 9.13. The standard InChI is InChI=1S/C22H30O4Si/c1-22(2,3)27(5,6)26-16-19-11-20(24-4)13-21(12-19)25-15-18-9-7-8-17(10-18)14-23/h7-14H,15-16H2,1-6H3. The molecule has 0 aromatic heterocycles. The highest BCUT2D eigenvalue weighted by molar-refractivity contribution is 6.74. The smallest absolute Gasteiger partial charge is 0.192 e. The zero-order valence-electron chi connectivity index (χ0n) is 17.2. The lowest BCUT2D eigenvalue weighted by Crippen LogP contribution is -2.40. The normalized spacial score (nSPS) is 11.9. The predicted molar refractivity (Wildman–Crippen MR) is 111 cm³/mol. The van der Waals surface area contributed by atoms with Gasteiger partial charge >= 0.3 is 0 Å². The molecule has 0 atom stereocenters. The maximum atomic E-state index is 10.9. The number of ether oxygens (including phenoxy) is 2. The second kappa shape index (κ2) is 8.72. The SMILES string of the molecule is COc1cc(CO[Si](C)(C)C(C)(C)C)cc(OCc2cccc(C=O)c2)c1. The summed E-state index contributed by atoms with van der Waals surface area (Å²) in [7, 11) is -0.185. The fourth-order valence-electron chi connectivity index (χ4n) is 2.32. The van der Waals surface area contributed by atoms with Gasteiger partial charge in [0.05, 0.1) is 13.7 Å². The van der Waals surface area contributed by atoms with Gasteiger partial charge in [-0.2, -0.15) is 0 Å². The molecule has 0 spiro atoms. The Labute approximate surface area is 163 Å². The van der Waals surface area contributed by atoms with E-state index in [4.69, 9.17) is 13.9 Å². The van der Waals surface area contributed by atoms with Crippen LogP contribution in [0.25, 0.3) is 0 Å². The molecule has 0 saturated carbocycles. The largest absolute Gasteiger partial charge is 0.497 e. The van der Waals surface area contributed by atoms with Crippen LogP contribution in [0.4, 0.5) is 0 Å². The lowest BCUT2D eigenvalue weighted by Gasteiger charge is -2.36. The van der Waals surface area contributed by atoms with Gasteiger partial charge in [-0.25, -0.2) is 0 Å². The molecular formula is C22H30O4Si. The molecule has 2 aromatic rings. The Bertz CT molecular complexity index is 778. The summed E-state index contributed by atoms with van der Waals surface area (Å²) in [5.74, 6) is 1.46. The van der Waals surface area contributed by atoms with Gasteiger partial charge in [-0.3, -0.25) is 4.79 Å². The Morgan fingerprint density at radius 3 is 2.30 bits per heavy atom. The van der Waals surface area contributed by atoms with Gasteiger partial charge in [-0.15, -0.1) is 0 Å². The molecule has 0 aliphatic heterocycles. The molecule has 0 fully saturated rings. The zero-order chi connectivity index (χ0) is 20.1. The molecule has 0 heterocycles.